The van der Waals surface area contributed by atoms with Gasteiger partial charge in [0.1, 0.15) is 6.10 Å². The molecule has 2 aromatic carbocycles. The predicted molar refractivity (Wildman–Crippen MR) is 92.1 cm³/mol. The lowest BCUT2D eigenvalue weighted by atomic mass is 9.97. The van der Waals surface area contributed by atoms with Gasteiger partial charge in [-0.1, -0.05) is 30.3 Å². The van der Waals surface area contributed by atoms with Crippen LogP contribution in [0.15, 0.2) is 46.3 Å². The molecule has 0 bridgehead atoms. The lowest BCUT2D eigenvalue weighted by Crippen LogP contribution is -2.00. The average Bonchev–Trinajstić information content (AvgIpc) is 3.13. The topological polar surface area (TPSA) is 20.2 Å². The van der Waals surface area contributed by atoms with E-state index in [-0.39, 0.29) is 0 Å². The highest BCUT2D eigenvalue weighted by atomic mass is 79.9. The Hall–Kier alpha value is -1.16. The van der Waals surface area contributed by atoms with Crippen LogP contribution in [-0.2, 0) is 12.8 Å². The molecule has 21 heavy (non-hydrogen) atoms. The number of hydrogen-bond donors (Lipinski definition) is 1. The molecule has 106 valence electrons. The third-order valence-corrected chi connectivity index (χ3v) is 6.29. The van der Waals surface area contributed by atoms with Crippen LogP contribution in [-0.4, -0.2) is 5.11 Å². The minimum absolute atomic E-state index is 0.543. The van der Waals surface area contributed by atoms with E-state index in [4.69, 9.17) is 0 Å². The lowest BCUT2D eigenvalue weighted by molar-refractivity contribution is 0.222. The Kier molecular flexibility index (Phi) is 3.37. The Bertz CT molecular complexity index is 821. The number of rotatable bonds is 2. The second kappa shape index (κ2) is 5.24. The maximum Gasteiger partial charge on any atom is 0.105 e. The van der Waals surface area contributed by atoms with E-state index >= 15 is 0 Å². The first kappa shape index (κ1) is 13.5. The van der Waals surface area contributed by atoms with Crippen LogP contribution in [0.2, 0.25) is 0 Å². The van der Waals surface area contributed by atoms with Crippen molar-refractivity contribution in [2.45, 2.75) is 25.4 Å². The van der Waals surface area contributed by atoms with Crippen molar-refractivity contribution in [3.8, 4) is 0 Å². The second-order valence-electron chi connectivity index (χ2n) is 5.59. The van der Waals surface area contributed by atoms with E-state index in [0.29, 0.717) is 0 Å². The summed E-state index contributed by atoms with van der Waals surface area (Å²) in [5, 5.41) is 14.0. The number of benzene rings is 2. The van der Waals surface area contributed by atoms with Crippen molar-refractivity contribution in [3.05, 3.63) is 68.5 Å². The summed E-state index contributed by atoms with van der Waals surface area (Å²) in [4.78, 5) is 0. The summed E-state index contributed by atoms with van der Waals surface area (Å²) >= 11 is 5.27. The molecule has 4 rings (SSSR count). The van der Waals surface area contributed by atoms with Crippen LogP contribution < -0.4 is 0 Å². The summed E-state index contributed by atoms with van der Waals surface area (Å²) in [6, 6.07) is 12.6. The molecule has 3 aromatic rings. The van der Waals surface area contributed by atoms with E-state index in [1.165, 1.54) is 28.7 Å². The standard InChI is InChI=1S/C18H15BrOS/c19-16-6-2-5-14-15(10-21-18(14)16)17(20)13-8-7-11-3-1-4-12(11)9-13/h2,5-10,17,20H,1,3-4H2. The molecule has 3 heteroatoms. The van der Waals surface area contributed by atoms with Gasteiger partial charge in [-0.2, -0.15) is 0 Å². The van der Waals surface area contributed by atoms with E-state index in [1.807, 2.05) is 12.1 Å². The Morgan fingerprint density at radius 3 is 2.86 bits per heavy atom. The van der Waals surface area contributed by atoms with E-state index in [0.717, 1.165) is 27.4 Å². The van der Waals surface area contributed by atoms with Crippen LogP contribution in [0.5, 0.6) is 0 Å². The van der Waals surface area contributed by atoms with Crippen molar-refractivity contribution in [2.75, 3.05) is 0 Å². The Morgan fingerprint density at radius 2 is 1.95 bits per heavy atom. The largest absolute Gasteiger partial charge is 0.384 e. The fourth-order valence-corrected chi connectivity index (χ4v) is 4.84. The molecule has 1 aromatic heterocycles. The normalized spacial score (nSPS) is 15.3. The molecule has 1 aliphatic carbocycles. The minimum Gasteiger partial charge on any atom is -0.384 e. The smallest absolute Gasteiger partial charge is 0.105 e. The number of thiophene rings is 1. The van der Waals surface area contributed by atoms with E-state index < -0.39 is 6.10 Å². The summed E-state index contributed by atoms with van der Waals surface area (Å²) in [5.74, 6) is 0. The second-order valence-corrected chi connectivity index (χ2v) is 7.33. The fraction of sp³-hybridized carbons (Fsp3) is 0.222. The zero-order valence-electron chi connectivity index (χ0n) is 11.5. The number of halogens is 1. The summed E-state index contributed by atoms with van der Waals surface area (Å²) in [6.45, 7) is 0. The average molecular weight is 359 g/mol. The quantitative estimate of drug-likeness (QED) is 0.664. The molecule has 1 N–H and O–H groups in total. The Labute approximate surface area is 136 Å². The molecule has 0 saturated heterocycles. The highest BCUT2D eigenvalue weighted by Crippen LogP contribution is 2.38. The van der Waals surface area contributed by atoms with E-state index in [1.54, 1.807) is 11.3 Å². The SMILES string of the molecule is OC(c1ccc2c(c1)CCC2)c1csc2c(Br)cccc12. The molecule has 0 fully saturated rings. The van der Waals surface area contributed by atoms with Crippen LogP contribution in [0.25, 0.3) is 10.1 Å². The van der Waals surface area contributed by atoms with E-state index in [2.05, 4.69) is 45.6 Å². The van der Waals surface area contributed by atoms with Gasteiger partial charge in [0.2, 0.25) is 0 Å². The van der Waals surface area contributed by atoms with Crippen LogP contribution in [0, 0.1) is 0 Å². The number of hydrogen-bond acceptors (Lipinski definition) is 2. The predicted octanol–water partition coefficient (Wildman–Crippen LogP) is 5.23. The van der Waals surface area contributed by atoms with Gasteiger partial charge < -0.3 is 5.11 Å². The van der Waals surface area contributed by atoms with Crippen LogP contribution >= 0.6 is 27.3 Å². The number of aryl methyl sites for hydroxylation is 2. The van der Waals surface area contributed by atoms with E-state index in [9.17, 15) is 5.11 Å². The van der Waals surface area contributed by atoms with Gasteiger partial charge in [0.25, 0.3) is 0 Å². The molecule has 1 atom stereocenters. The zero-order valence-corrected chi connectivity index (χ0v) is 13.9. The van der Waals surface area contributed by atoms with Gasteiger partial charge in [0.15, 0.2) is 0 Å². The third kappa shape index (κ3) is 2.24. The first-order valence-electron chi connectivity index (χ1n) is 7.19. The van der Waals surface area contributed by atoms with Crippen molar-refractivity contribution < 1.29 is 5.11 Å². The summed E-state index contributed by atoms with van der Waals surface area (Å²) in [5.41, 5.74) is 4.88. The van der Waals surface area contributed by atoms with Crippen LogP contribution in [0.3, 0.4) is 0 Å². The van der Waals surface area contributed by atoms with Gasteiger partial charge >= 0.3 is 0 Å². The highest BCUT2D eigenvalue weighted by molar-refractivity contribution is 9.10. The molecule has 0 spiro atoms. The van der Waals surface area contributed by atoms with Crippen molar-refractivity contribution >= 4 is 37.4 Å². The number of aliphatic hydroxyl groups excluding tert-OH is 1. The summed E-state index contributed by atoms with van der Waals surface area (Å²) < 4.78 is 2.30. The molecule has 1 aliphatic rings. The molecule has 0 amide bonds. The van der Waals surface area contributed by atoms with Gasteiger partial charge in [-0.15, -0.1) is 11.3 Å². The van der Waals surface area contributed by atoms with Gasteiger partial charge in [-0.25, -0.2) is 0 Å². The first-order chi connectivity index (χ1) is 10.2. The molecule has 1 nitrogen and oxygen atoms in total. The minimum atomic E-state index is -0.543. The third-order valence-electron chi connectivity index (χ3n) is 4.31. The fourth-order valence-electron chi connectivity index (χ4n) is 3.19. The molecule has 1 heterocycles. The highest BCUT2D eigenvalue weighted by Gasteiger charge is 2.18. The summed E-state index contributed by atoms with van der Waals surface area (Å²) in [7, 11) is 0. The molecule has 0 aliphatic heterocycles. The van der Waals surface area contributed by atoms with Crippen molar-refractivity contribution in [1.29, 1.82) is 0 Å². The zero-order chi connectivity index (χ0) is 14.4. The summed E-state index contributed by atoms with van der Waals surface area (Å²) in [6.07, 6.45) is 3.02. The maximum absolute atomic E-state index is 10.8. The molecular weight excluding hydrogens is 344 g/mol. The first-order valence-corrected chi connectivity index (χ1v) is 8.86. The van der Waals surface area contributed by atoms with Gasteiger partial charge in [0, 0.05) is 14.7 Å². The Morgan fingerprint density at radius 1 is 1.10 bits per heavy atom. The van der Waals surface area contributed by atoms with Crippen LogP contribution in [0.4, 0.5) is 0 Å². The monoisotopic (exact) mass is 358 g/mol. The van der Waals surface area contributed by atoms with Crippen molar-refractivity contribution in [3.63, 3.8) is 0 Å². The Balaban J connectivity index is 1.79. The van der Waals surface area contributed by atoms with Gasteiger partial charge in [-0.3, -0.25) is 0 Å². The molecule has 0 radical (unpaired) electrons. The number of fused-ring (bicyclic) bond motifs is 2. The maximum atomic E-state index is 10.8. The van der Waals surface area contributed by atoms with Gasteiger partial charge in [-0.05, 0) is 68.7 Å². The molecule has 1 unspecified atom stereocenters. The lowest BCUT2D eigenvalue weighted by Gasteiger charge is -2.12. The number of aliphatic hydroxyl groups is 1. The van der Waals surface area contributed by atoms with Crippen molar-refractivity contribution in [1.82, 2.24) is 0 Å². The van der Waals surface area contributed by atoms with Crippen LogP contribution in [0.1, 0.15) is 34.8 Å². The van der Waals surface area contributed by atoms with Crippen molar-refractivity contribution in [2.24, 2.45) is 0 Å². The molecular formula is C18H15BrOS. The van der Waals surface area contributed by atoms with Gasteiger partial charge in [0.05, 0.1) is 0 Å². The molecule has 0 saturated carbocycles.